The summed E-state index contributed by atoms with van der Waals surface area (Å²) in [5, 5.41) is 8.76. The number of nitrogens with zero attached hydrogens (tertiary/aromatic N) is 5. The van der Waals surface area contributed by atoms with Gasteiger partial charge in [-0.25, -0.2) is 0 Å². The summed E-state index contributed by atoms with van der Waals surface area (Å²) in [5.74, 6) is 2.21. The van der Waals surface area contributed by atoms with Gasteiger partial charge in [-0.05, 0) is 44.5 Å². The third kappa shape index (κ3) is 3.08. The molecule has 0 N–H and O–H groups in total. The second-order valence-electron chi connectivity index (χ2n) is 6.58. The van der Waals surface area contributed by atoms with E-state index in [1.165, 1.54) is 25.5 Å². The largest absolute Gasteiger partial charge is 0.459 e. The molecule has 0 aliphatic carbocycles. The molecule has 0 saturated carbocycles. The van der Waals surface area contributed by atoms with Crippen molar-refractivity contribution in [3.8, 4) is 0 Å². The Morgan fingerprint density at radius 3 is 2.75 bits per heavy atom. The van der Waals surface area contributed by atoms with Crippen LogP contribution < -0.4 is 0 Å². The van der Waals surface area contributed by atoms with Crippen LogP contribution in [0.1, 0.15) is 47.9 Å². The second kappa shape index (κ2) is 6.76. The number of amides is 1. The highest BCUT2D eigenvalue weighted by molar-refractivity contribution is 5.91. The first-order chi connectivity index (χ1) is 11.8. The fourth-order valence-electron chi connectivity index (χ4n) is 3.58. The molecule has 0 radical (unpaired) electrons. The molecule has 0 spiro atoms. The number of piperidine rings is 1. The van der Waals surface area contributed by atoms with E-state index in [1.54, 1.807) is 17.0 Å². The van der Waals surface area contributed by atoms with Crippen LogP contribution in [0.25, 0.3) is 0 Å². The van der Waals surface area contributed by atoms with Crippen LogP contribution in [0, 0.1) is 0 Å². The molecule has 128 valence electrons. The van der Waals surface area contributed by atoms with E-state index in [0.717, 1.165) is 44.2 Å². The summed E-state index contributed by atoms with van der Waals surface area (Å²) < 4.78 is 7.44. The molecule has 0 unspecified atom stereocenters. The number of hydrogen-bond donors (Lipinski definition) is 0. The molecule has 7 heteroatoms. The van der Waals surface area contributed by atoms with Crippen LogP contribution in [0.4, 0.5) is 0 Å². The molecule has 4 heterocycles. The van der Waals surface area contributed by atoms with Crippen molar-refractivity contribution < 1.29 is 9.21 Å². The number of fused-ring (bicyclic) bond motifs is 1. The van der Waals surface area contributed by atoms with Gasteiger partial charge in [-0.2, -0.15) is 0 Å². The Morgan fingerprint density at radius 2 is 1.96 bits per heavy atom. The number of hydrogen-bond acceptors (Lipinski definition) is 5. The highest BCUT2D eigenvalue weighted by atomic mass is 16.3. The number of aromatic nitrogens is 3. The summed E-state index contributed by atoms with van der Waals surface area (Å²) in [6, 6.07) is 3.45. The van der Waals surface area contributed by atoms with Crippen LogP contribution in [0.2, 0.25) is 0 Å². The average molecular weight is 329 g/mol. The molecule has 0 bridgehead atoms. The molecule has 1 saturated heterocycles. The summed E-state index contributed by atoms with van der Waals surface area (Å²) in [6.45, 7) is 5.22. The fourth-order valence-corrected chi connectivity index (χ4v) is 3.58. The van der Waals surface area contributed by atoms with Gasteiger partial charge < -0.3 is 13.9 Å². The van der Waals surface area contributed by atoms with Crippen LogP contribution in [0.3, 0.4) is 0 Å². The van der Waals surface area contributed by atoms with E-state index in [4.69, 9.17) is 4.42 Å². The number of furan rings is 1. The van der Waals surface area contributed by atoms with Crippen molar-refractivity contribution >= 4 is 5.91 Å². The van der Waals surface area contributed by atoms with Crippen molar-refractivity contribution in [2.75, 3.05) is 19.6 Å². The van der Waals surface area contributed by atoms with E-state index in [2.05, 4.69) is 19.7 Å². The van der Waals surface area contributed by atoms with Gasteiger partial charge in [0.15, 0.2) is 11.6 Å². The van der Waals surface area contributed by atoms with E-state index < -0.39 is 0 Å². The Hall–Kier alpha value is -2.15. The van der Waals surface area contributed by atoms with Crippen molar-refractivity contribution in [3.05, 3.63) is 35.8 Å². The molecule has 0 atom stereocenters. The first-order valence-electron chi connectivity index (χ1n) is 8.77. The van der Waals surface area contributed by atoms with Crippen LogP contribution in [-0.2, 0) is 19.6 Å². The number of likely N-dealkylation sites (tertiary alicyclic amines) is 1. The van der Waals surface area contributed by atoms with Crippen molar-refractivity contribution in [2.24, 2.45) is 0 Å². The van der Waals surface area contributed by atoms with Gasteiger partial charge in [-0.15, -0.1) is 10.2 Å². The first-order valence-corrected chi connectivity index (χ1v) is 8.77. The summed E-state index contributed by atoms with van der Waals surface area (Å²) in [6.07, 6.45) is 6.31. The lowest BCUT2D eigenvalue weighted by molar-refractivity contribution is 0.0711. The van der Waals surface area contributed by atoms with Crippen LogP contribution in [0.15, 0.2) is 22.8 Å². The predicted octanol–water partition coefficient (Wildman–Crippen LogP) is 1.90. The lowest BCUT2D eigenvalue weighted by Crippen LogP contribution is -2.30. The number of carbonyl (C=O) groups is 1. The highest BCUT2D eigenvalue weighted by Gasteiger charge is 2.25. The van der Waals surface area contributed by atoms with Gasteiger partial charge in [-0.3, -0.25) is 9.69 Å². The average Bonchev–Trinajstić information content (AvgIpc) is 3.21. The fraction of sp³-hybridized carbons (Fsp3) is 0.588. The molecule has 2 aromatic rings. The third-order valence-corrected chi connectivity index (χ3v) is 4.88. The number of rotatable bonds is 3. The summed E-state index contributed by atoms with van der Waals surface area (Å²) in [5.41, 5.74) is 0. The highest BCUT2D eigenvalue weighted by Crippen LogP contribution is 2.18. The van der Waals surface area contributed by atoms with Gasteiger partial charge in [0.25, 0.3) is 5.91 Å². The van der Waals surface area contributed by atoms with E-state index in [-0.39, 0.29) is 5.91 Å². The van der Waals surface area contributed by atoms with Gasteiger partial charge in [0.1, 0.15) is 5.82 Å². The lowest BCUT2D eigenvalue weighted by Gasteiger charge is -2.25. The van der Waals surface area contributed by atoms with Crippen LogP contribution in [0.5, 0.6) is 0 Å². The standard InChI is InChI=1S/C17H23N5O2/c23-17(14-6-4-11-24-14)21-9-5-10-22-15(18-19-16(22)13-21)12-20-7-2-1-3-8-20/h4,6,11H,1-3,5,7-10,12-13H2. The zero-order valence-electron chi connectivity index (χ0n) is 13.9. The third-order valence-electron chi connectivity index (χ3n) is 4.88. The maximum Gasteiger partial charge on any atom is 0.289 e. The van der Waals surface area contributed by atoms with E-state index in [9.17, 15) is 4.79 Å². The molecule has 4 rings (SSSR count). The Kier molecular flexibility index (Phi) is 4.34. The van der Waals surface area contributed by atoms with Gasteiger partial charge in [0.2, 0.25) is 0 Å². The quantitative estimate of drug-likeness (QED) is 0.860. The molecule has 7 nitrogen and oxygen atoms in total. The Balaban J connectivity index is 1.49. The smallest absolute Gasteiger partial charge is 0.289 e. The Labute approximate surface area is 141 Å². The minimum atomic E-state index is -0.0750. The normalized spacial score (nSPS) is 19.1. The molecule has 0 aromatic carbocycles. The molecular formula is C17H23N5O2. The van der Waals surface area contributed by atoms with E-state index >= 15 is 0 Å². The molecule has 1 fully saturated rings. The van der Waals surface area contributed by atoms with Crippen LogP contribution >= 0.6 is 0 Å². The minimum absolute atomic E-state index is 0.0750. The minimum Gasteiger partial charge on any atom is -0.459 e. The molecular weight excluding hydrogens is 306 g/mol. The molecule has 2 aliphatic heterocycles. The first kappa shape index (κ1) is 15.4. The summed E-state index contributed by atoms with van der Waals surface area (Å²) in [4.78, 5) is 16.8. The van der Waals surface area contributed by atoms with Gasteiger partial charge in [0, 0.05) is 13.1 Å². The number of carbonyl (C=O) groups excluding carboxylic acids is 1. The SMILES string of the molecule is O=C(c1ccco1)N1CCCn2c(CN3CCCCC3)nnc2C1. The molecule has 1 amide bonds. The summed E-state index contributed by atoms with van der Waals surface area (Å²) >= 11 is 0. The van der Waals surface area contributed by atoms with Gasteiger partial charge in [0.05, 0.1) is 19.4 Å². The van der Waals surface area contributed by atoms with E-state index in [0.29, 0.717) is 18.8 Å². The maximum absolute atomic E-state index is 12.5. The Morgan fingerprint density at radius 1 is 1.08 bits per heavy atom. The molecule has 24 heavy (non-hydrogen) atoms. The van der Waals surface area contributed by atoms with Gasteiger partial charge in [-0.1, -0.05) is 6.42 Å². The molecule has 2 aromatic heterocycles. The van der Waals surface area contributed by atoms with Crippen molar-refractivity contribution in [1.29, 1.82) is 0 Å². The van der Waals surface area contributed by atoms with Crippen molar-refractivity contribution in [3.63, 3.8) is 0 Å². The topological polar surface area (TPSA) is 67.4 Å². The van der Waals surface area contributed by atoms with Crippen LogP contribution in [-0.4, -0.2) is 50.1 Å². The zero-order chi connectivity index (χ0) is 16.4. The Bertz CT molecular complexity index is 688. The maximum atomic E-state index is 12.5. The van der Waals surface area contributed by atoms with E-state index in [1.807, 2.05) is 0 Å². The predicted molar refractivity (Wildman–Crippen MR) is 87.2 cm³/mol. The van der Waals surface area contributed by atoms with Gasteiger partial charge >= 0.3 is 0 Å². The monoisotopic (exact) mass is 329 g/mol. The van der Waals surface area contributed by atoms with Crippen molar-refractivity contribution in [2.45, 2.75) is 45.3 Å². The lowest BCUT2D eigenvalue weighted by atomic mass is 10.1. The zero-order valence-corrected chi connectivity index (χ0v) is 13.9. The van der Waals surface area contributed by atoms with Crippen molar-refractivity contribution in [1.82, 2.24) is 24.6 Å². The summed E-state index contributed by atoms with van der Waals surface area (Å²) in [7, 11) is 0. The second-order valence-corrected chi connectivity index (χ2v) is 6.58. The molecule has 2 aliphatic rings.